The Morgan fingerprint density at radius 3 is 2.67 bits per heavy atom. The summed E-state index contributed by atoms with van der Waals surface area (Å²) in [5.41, 5.74) is -0.395. The molecule has 76 valence electrons. The molecule has 2 rings (SSSR count). The highest BCUT2D eigenvalue weighted by Gasteiger charge is 2.31. The molecule has 1 aliphatic heterocycles. The third kappa shape index (κ3) is 1.52. The minimum Gasteiger partial charge on any atom is -0.478 e. The highest BCUT2D eigenvalue weighted by molar-refractivity contribution is 6.17. The second-order valence-electron chi connectivity index (χ2n) is 3.28. The van der Waals surface area contributed by atoms with Gasteiger partial charge in [-0.15, -0.1) is 0 Å². The Kier molecular flexibility index (Phi) is 2.07. The summed E-state index contributed by atoms with van der Waals surface area (Å²) in [6, 6.07) is 3.08. The van der Waals surface area contributed by atoms with E-state index in [9.17, 15) is 4.79 Å². The highest BCUT2D eigenvalue weighted by atomic mass is 16.4. The summed E-state index contributed by atoms with van der Waals surface area (Å²) in [4.78, 5) is 23.2. The van der Waals surface area contributed by atoms with Crippen LogP contribution in [0.1, 0.15) is 23.0 Å². The number of aliphatic imine (C=N–C) groups is 2. The average Bonchev–Trinajstić information content (AvgIpc) is 2.66. The van der Waals surface area contributed by atoms with E-state index in [0.29, 0.717) is 5.69 Å². The van der Waals surface area contributed by atoms with Crippen LogP contribution in [0.3, 0.4) is 0 Å². The maximum Gasteiger partial charge on any atom is 0.337 e. The quantitative estimate of drug-likeness (QED) is 0.782. The van der Waals surface area contributed by atoms with Crippen LogP contribution in [0.4, 0.5) is 0 Å². The van der Waals surface area contributed by atoms with E-state index in [1.54, 1.807) is 25.4 Å². The van der Waals surface area contributed by atoms with Gasteiger partial charge in [-0.05, 0) is 19.1 Å². The van der Waals surface area contributed by atoms with Crippen LogP contribution in [0.25, 0.3) is 0 Å². The summed E-state index contributed by atoms with van der Waals surface area (Å²) in [5, 5.41) is 9.00. The molecule has 0 unspecified atom stereocenters. The van der Waals surface area contributed by atoms with Crippen molar-refractivity contribution in [1.82, 2.24) is 4.98 Å². The highest BCUT2D eigenvalue weighted by Crippen LogP contribution is 2.29. The maximum absolute atomic E-state index is 11.0. The molecule has 5 nitrogen and oxygen atoms in total. The first-order valence-electron chi connectivity index (χ1n) is 4.41. The number of carboxylic acids is 1. The Balaban J connectivity index is 2.57. The Morgan fingerprint density at radius 2 is 2.07 bits per heavy atom. The lowest BCUT2D eigenvalue weighted by molar-refractivity contribution is 0.0693. The van der Waals surface area contributed by atoms with Crippen molar-refractivity contribution in [3.63, 3.8) is 0 Å². The Labute approximate surface area is 86.2 Å². The van der Waals surface area contributed by atoms with E-state index in [1.807, 2.05) is 0 Å². The Hall–Kier alpha value is -2.04. The average molecular weight is 203 g/mol. The van der Waals surface area contributed by atoms with Crippen LogP contribution in [0.5, 0.6) is 0 Å². The van der Waals surface area contributed by atoms with Crippen LogP contribution >= 0.6 is 0 Å². The lowest BCUT2D eigenvalue weighted by atomic mass is 10.0. The third-order valence-corrected chi connectivity index (χ3v) is 2.21. The predicted octanol–water partition coefficient (Wildman–Crippen LogP) is 1.11. The molecule has 1 aromatic heterocycles. The molecule has 0 amide bonds. The standard InChI is InChI=1S/C10H9N3O2/c1-10(12-5-6-13-10)8-7(9(14)15)3-2-4-11-8/h2-6H,1H3,(H,14,15). The van der Waals surface area contributed by atoms with Crippen LogP contribution in [0.15, 0.2) is 28.3 Å². The van der Waals surface area contributed by atoms with Crippen molar-refractivity contribution < 1.29 is 9.90 Å². The molecule has 0 bridgehead atoms. The molecule has 1 aromatic rings. The Morgan fingerprint density at radius 1 is 1.40 bits per heavy atom. The lowest BCUT2D eigenvalue weighted by Gasteiger charge is -2.18. The van der Waals surface area contributed by atoms with Gasteiger partial charge in [0.2, 0.25) is 0 Å². The molecule has 0 spiro atoms. The van der Waals surface area contributed by atoms with Gasteiger partial charge >= 0.3 is 5.97 Å². The smallest absolute Gasteiger partial charge is 0.337 e. The van der Waals surface area contributed by atoms with Crippen molar-refractivity contribution in [2.45, 2.75) is 12.6 Å². The molecule has 1 aliphatic rings. The van der Waals surface area contributed by atoms with E-state index in [1.165, 1.54) is 12.3 Å². The van der Waals surface area contributed by atoms with Gasteiger partial charge < -0.3 is 5.11 Å². The summed E-state index contributed by atoms with van der Waals surface area (Å²) in [7, 11) is 0. The third-order valence-electron chi connectivity index (χ3n) is 2.21. The molecule has 2 heterocycles. The van der Waals surface area contributed by atoms with E-state index in [0.717, 1.165) is 0 Å². The van der Waals surface area contributed by atoms with Crippen LogP contribution in [0, 0.1) is 0 Å². The number of aromatic carboxylic acids is 1. The Bertz CT molecular complexity index is 453. The molecule has 0 aliphatic carbocycles. The van der Waals surface area contributed by atoms with Gasteiger partial charge in [0.05, 0.1) is 5.56 Å². The number of pyridine rings is 1. The second-order valence-corrected chi connectivity index (χ2v) is 3.28. The second kappa shape index (κ2) is 3.27. The molecular formula is C10H9N3O2. The van der Waals surface area contributed by atoms with E-state index >= 15 is 0 Å². The van der Waals surface area contributed by atoms with Gasteiger partial charge in [-0.25, -0.2) is 4.79 Å². The van der Waals surface area contributed by atoms with Crippen LogP contribution in [0.2, 0.25) is 0 Å². The minimum absolute atomic E-state index is 0.135. The van der Waals surface area contributed by atoms with Gasteiger partial charge in [-0.1, -0.05) is 0 Å². The fraction of sp³-hybridized carbons (Fsp3) is 0.200. The molecule has 1 N–H and O–H groups in total. The first-order chi connectivity index (χ1) is 7.13. The molecule has 0 atom stereocenters. The lowest BCUT2D eigenvalue weighted by Crippen LogP contribution is -2.20. The zero-order chi connectivity index (χ0) is 10.9. The molecular weight excluding hydrogens is 194 g/mol. The van der Waals surface area contributed by atoms with Crippen molar-refractivity contribution in [3.05, 3.63) is 29.6 Å². The summed E-state index contributed by atoms with van der Waals surface area (Å²) < 4.78 is 0. The van der Waals surface area contributed by atoms with E-state index < -0.39 is 11.6 Å². The summed E-state index contributed by atoms with van der Waals surface area (Å²) in [6.45, 7) is 1.72. The van der Waals surface area contributed by atoms with Crippen LogP contribution in [-0.4, -0.2) is 28.5 Å². The van der Waals surface area contributed by atoms with Crippen molar-refractivity contribution in [1.29, 1.82) is 0 Å². The molecule has 0 saturated heterocycles. The van der Waals surface area contributed by atoms with Gasteiger partial charge in [-0.3, -0.25) is 15.0 Å². The maximum atomic E-state index is 11.0. The topological polar surface area (TPSA) is 74.9 Å². The van der Waals surface area contributed by atoms with Crippen LogP contribution < -0.4 is 0 Å². The van der Waals surface area contributed by atoms with Gasteiger partial charge in [0.15, 0.2) is 5.66 Å². The van der Waals surface area contributed by atoms with E-state index in [2.05, 4.69) is 15.0 Å². The van der Waals surface area contributed by atoms with Gasteiger partial charge in [0.1, 0.15) is 5.69 Å². The van der Waals surface area contributed by atoms with Crippen LogP contribution in [-0.2, 0) is 5.66 Å². The van der Waals surface area contributed by atoms with Crippen molar-refractivity contribution in [2.24, 2.45) is 9.98 Å². The zero-order valence-electron chi connectivity index (χ0n) is 8.08. The number of hydrogen-bond acceptors (Lipinski definition) is 4. The first kappa shape index (κ1) is 9.51. The molecule has 0 aromatic carbocycles. The molecule has 0 saturated carbocycles. The number of rotatable bonds is 2. The zero-order valence-corrected chi connectivity index (χ0v) is 8.08. The van der Waals surface area contributed by atoms with Gasteiger partial charge in [-0.2, -0.15) is 0 Å². The number of nitrogens with zero attached hydrogens (tertiary/aromatic N) is 3. The molecule has 15 heavy (non-hydrogen) atoms. The summed E-state index contributed by atoms with van der Waals surface area (Å²) in [5.74, 6) is -1.02. The van der Waals surface area contributed by atoms with Crippen molar-refractivity contribution >= 4 is 18.4 Å². The number of carboxylic acid groups (broad SMARTS) is 1. The van der Waals surface area contributed by atoms with Gasteiger partial charge in [0, 0.05) is 18.6 Å². The SMILES string of the molecule is CC1(c2ncccc2C(=O)O)N=CC=N1. The van der Waals surface area contributed by atoms with Crippen molar-refractivity contribution in [2.75, 3.05) is 0 Å². The van der Waals surface area contributed by atoms with E-state index in [-0.39, 0.29) is 5.56 Å². The van der Waals surface area contributed by atoms with E-state index in [4.69, 9.17) is 5.11 Å². The number of carbonyl (C=O) groups is 1. The molecule has 0 fully saturated rings. The summed E-state index contributed by atoms with van der Waals surface area (Å²) in [6.07, 6.45) is 4.62. The molecule has 0 radical (unpaired) electrons. The fourth-order valence-corrected chi connectivity index (χ4v) is 1.47. The van der Waals surface area contributed by atoms with Crippen molar-refractivity contribution in [3.8, 4) is 0 Å². The normalized spacial score (nSPS) is 16.9. The molecule has 5 heteroatoms. The number of hydrogen-bond donors (Lipinski definition) is 1. The minimum atomic E-state index is -1.02. The largest absolute Gasteiger partial charge is 0.478 e. The number of aromatic nitrogens is 1. The predicted molar refractivity (Wildman–Crippen MR) is 55.5 cm³/mol. The monoisotopic (exact) mass is 203 g/mol. The first-order valence-corrected chi connectivity index (χ1v) is 4.41. The summed E-state index contributed by atoms with van der Waals surface area (Å²) >= 11 is 0. The fourth-order valence-electron chi connectivity index (χ4n) is 1.47. The van der Waals surface area contributed by atoms with Gasteiger partial charge in [0.25, 0.3) is 0 Å².